The Labute approximate surface area is 158 Å². The van der Waals surface area contributed by atoms with E-state index < -0.39 is 0 Å². The van der Waals surface area contributed by atoms with Crippen molar-refractivity contribution < 1.29 is 14.3 Å². The topological polar surface area (TPSA) is 58.6 Å². The number of carbonyl (C=O) groups excluding carboxylic acids is 2. The van der Waals surface area contributed by atoms with Gasteiger partial charge in [-0.25, -0.2) is 0 Å². The first kappa shape index (κ1) is 18.5. The van der Waals surface area contributed by atoms with Crippen molar-refractivity contribution in [3.05, 3.63) is 46.7 Å². The SMILES string of the molecule is O=C(COC(=O)Cc1cccs1)Nc1ccc(N2CCCCCC2)cc1. The minimum absolute atomic E-state index is 0.204. The summed E-state index contributed by atoms with van der Waals surface area (Å²) in [6.45, 7) is 1.91. The van der Waals surface area contributed by atoms with Crippen molar-refractivity contribution in [2.24, 2.45) is 0 Å². The molecule has 1 saturated heterocycles. The fourth-order valence-electron chi connectivity index (χ4n) is 3.03. The molecule has 1 aromatic heterocycles. The molecule has 138 valence electrons. The van der Waals surface area contributed by atoms with Gasteiger partial charge in [0, 0.05) is 29.3 Å². The number of ether oxygens (including phenoxy) is 1. The highest BCUT2D eigenvalue weighted by molar-refractivity contribution is 7.10. The first-order chi connectivity index (χ1) is 12.7. The van der Waals surface area contributed by atoms with Crippen LogP contribution in [0, 0.1) is 0 Å². The molecular weight excluding hydrogens is 348 g/mol. The van der Waals surface area contributed by atoms with Gasteiger partial charge in [-0.15, -0.1) is 11.3 Å². The summed E-state index contributed by atoms with van der Waals surface area (Å²) in [6.07, 6.45) is 5.27. The molecule has 6 heteroatoms. The van der Waals surface area contributed by atoms with Gasteiger partial charge in [-0.05, 0) is 48.6 Å². The fourth-order valence-corrected chi connectivity index (χ4v) is 3.72. The second-order valence-electron chi connectivity index (χ2n) is 6.41. The van der Waals surface area contributed by atoms with Gasteiger partial charge in [-0.2, -0.15) is 0 Å². The average molecular weight is 372 g/mol. The van der Waals surface area contributed by atoms with Gasteiger partial charge in [0.2, 0.25) is 0 Å². The van der Waals surface area contributed by atoms with Gasteiger partial charge in [-0.3, -0.25) is 9.59 Å². The number of hydrogen-bond acceptors (Lipinski definition) is 5. The van der Waals surface area contributed by atoms with E-state index in [-0.39, 0.29) is 24.9 Å². The summed E-state index contributed by atoms with van der Waals surface area (Å²) >= 11 is 1.50. The molecule has 1 N–H and O–H groups in total. The van der Waals surface area contributed by atoms with Gasteiger partial charge < -0.3 is 15.0 Å². The van der Waals surface area contributed by atoms with E-state index in [0.29, 0.717) is 5.69 Å². The summed E-state index contributed by atoms with van der Waals surface area (Å²) in [4.78, 5) is 27.0. The lowest BCUT2D eigenvalue weighted by Crippen LogP contribution is -2.24. The second-order valence-corrected chi connectivity index (χ2v) is 7.45. The fraction of sp³-hybridized carbons (Fsp3) is 0.400. The van der Waals surface area contributed by atoms with Crippen LogP contribution < -0.4 is 10.2 Å². The normalized spacial score (nSPS) is 14.5. The highest BCUT2D eigenvalue weighted by Gasteiger charge is 2.11. The maximum atomic E-state index is 12.0. The molecule has 1 fully saturated rings. The number of nitrogens with zero attached hydrogens (tertiary/aromatic N) is 1. The molecule has 0 unspecified atom stereocenters. The van der Waals surface area contributed by atoms with Crippen LogP contribution in [0.4, 0.5) is 11.4 Å². The van der Waals surface area contributed by atoms with Gasteiger partial charge in [0.05, 0.1) is 6.42 Å². The molecule has 1 amide bonds. The number of esters is 1. The molecular formula is C20H24N2O3S. The molecule has 2 aromatic rings. The molecule has 0 atom stereocenters. The van der Waals surface area contributed by atoms with Crippen LogP contribution >= 0.6 is 11.3 Å². The van der Waals surface area contributed by atoms with E-state index in [2.05, 4.69) is 10.2 Å². The standard InChI is InChI=1S/C20H24N2O3S/c23-19(15-25-20(24)14-18-6-5-13-26-18)21-16-7-9-17(10-8-16)22-11-3-1-2-4-12-22/h5-10,13H,1-4,11-12,14-15H2,(H,21,23). The summed E-state index contributed by atoms with van der Waals surface area (Å²) in [6, 6.07) is 11.6. The van der Waals surface area contributed by atoms with Crippen LogP contribution in [-0.4, -0.2) is 31.6 Å². The Bertz CT molecular complexity index is 705. The molecule has 0 aliphatic carbocycles. The number of rotatable bonds is 6. The quantitative estimate of drug-likeness (QED) is 0.783. The third-order valence-electron chi connectivity index (χ3n) is 4.39. The Morgan fingerprint density at radius 2 is 1.77 bits per heavy atom. The van der Waals surface area contributed by atoms with Crippen molar-refractivity contribution in [3.63, 3.8) is 0 Å². The Balaban J connectivity index is 1.44. The first-order valence-electron chi connectivity index (χ1n) is 9.03. The zero-order valence-electron chi connectivity index (χ0n) is 14.8. The van der Waals surface area contributed by atoms with Crippen LogP contribution in [0.1, 0.15) is 30.6 Å². The number of thiophene rings is 1. The summed E-state index contributed by atoms with van der Waals surface area (Å²) in [5.41, 5.74) is 1.90. The molecule has 0 spiro atoms. The van der Waals surface area contributed by atoms with E-state index in [9.17, 15) is 9.59 Å². The van der Waals surface area contributed by atoms with E-state index in [0.717, 1.165) is 18.0 Å². The van der Waals surface area contributed by atoms with Crippen LogP contribution in [0.15, 0.2) is 41.8 Å². The Hall–Kier alpha value is -2.34. The second kappa shape index (κ2) is 9.38. The molecule has 0 bridgehead atoms. The molecule has 1 aliphatic rings. The lowest BCUT2D eigenvalue weighted by atomic mass is 10.2. The number of benzene rings is 1. The predicted octanol–water partition coefficient (Wildman–Crippen LogP) is 3.85. The Morgan fingerprint density at radius 1 is 1.04 bits per heavy atom. The van der Waals surface area contributed by atoms with Gasteiger partial charge in [0.25, 0.3) is 5.91 Å². The third kappa shape index (κ3) is 5.59. The van der Waals surface area contributed by atoms with Gasteiger partial charge in [0.1, 0.15) is 0 Å². The number of nitrogens with one attached hydrogen (secondary N) is 1. The Kier molecular flexibility index (Phi) is 6.66. The van der Waals surface area contributed by atoms with Crippen molar-refractivity contribution in [1.29, 1.82) is 0 Å². The number of anilines is 2. The lowest BCUT2D eigenvalue weighted by Gasteiger charge is -2.22. The molecule has 1 aromatic carbocycles. The van der Waals surface area contributed by atoms with Crippen LogP contribution in [0.25, 0.3) is 0 Å². The van der Waals surface area contributed by atoms with Crippen LogP contribution in [0.2, 0.25) is 0 Å². The molecule has 0 radical (unpaired) electrons. The van der Waals surface area contributed by atoms with E-state index >= 15 is 0 Å². The van der Waals surface area contributed by atoms with Crippen LogP contribution in [0.3, 0.4) is 0 Å². The zero-order chi connectivity index (χ0) is 18.2. The minimum Gasteiger partial charge on any atom is -0.455 e. The maximum Gasteiger partial charge on any atom is 0.311 e. The van der Waals surface area contributed by atoms with Gasteiger partial charge in [-0.1, -0.05) is 18.9 Å². The van der Waals surface area contributed by atoms with Crippen LogP contribution in [0.5, 0.6) is 0 Å². The molecule has 5 nitrogen and oxygen atoms in total. The first-order valence-corrected chi connectivity index (χ1v) is 9.91. The Morgan fingerprint density at radius 3 is 2.42 bits per heavy atom. The van der Waals surface area contributed by atoms with E-state index in [1.54, 1.807) is 0 Å². The number of amides is 1. The summed E-state index contributed by atoms with van der Waals surface area (Å²) in [5, 5.41) is 4.67. The minimum atomic E-state index is -0.390. The van der Waals surface area contributed by atoms with Gasteiger partial charge in [0.15, 0.2) is 6.61 Å². The molecule has 3 rings (SSSR count). The smallest absolute Gasteiger partial charge is 0.311 e. The maximum absolute atomic E-state index is 12.0. The largest absolute Gasteiger partial charge is 0.455 e. The van der Waals surface area contributed by atoms with Crippen molar-refractivity contribution in [3.8, 4) is 0 Å². The third-order valence-corrected chi connectivity index (χ3v) is 5.26. The molecule has 26 heavy (non-hydrogen) atoms. The summed E-state index contributed by atoms with van der Waals surface area (Å²) in [7, 11) is 0. The number of carbonyl (C=O) groups is 2. The van der Waals surface area contributed by atoms with Crippen molar-refractivity contribution >= 4 is 34.6 Å². The van der Waals surface area contributed by atoms with E-state index in [1.165, 1.54) is 42.7 Å². The lowest BCUT2D eigenvalue weighted by molar-refractivity contribution is -0.146. The monoisotopic (exact) mass is 372 g/mol. The molecule has 2 heterocycles. The summed E-state index contributed by atoms with van der Waals surface area (Å²) < 4.78 is 5.03. The molecule has 1 aliphatic heterocycles. The van der Waals surface area contributed by atoms with Crippen molar-refractivity contribution in [1.82, 2.24) is 0 Å². The predicted molar refractivity (Wildman–Crippen MR) is 105 cm³/mol. The van der Waals surface area contributed by atoms with E-state index in [4.69, 9.17) is 4.74 Å². The van der Waals surface area contributed by atoms with Gasteiger partial charge >= 0.3 is 5.97 Å². The highest BCUT2D eigenvalue weighted by atomic mass is 32.1. The van der Waals surface area contributed by atoms with Crippen LogP contribution in [-0.2, 0) is 20.7 Å². The highest BCUT2D eigenvalue weighted by Crippen LogP contribution is 2.21. The van der Waals surface area contributed by atoms with Crippen molar-refractivity contribution in [2.75, 3.05) is 29.9 Å². The zero-order valence-corrected chi connectivity index (χ0v) is 15.6. The van der Waals surface area contributed by atoms with E-state index in [1.807, 2.05) is 41.8 Å². The summed E-state index contributed by atoms with van der Waals surface area (Å²) in [5.74, 6) is -0.717. The van der Waals surface area contributed by atoms with Crippen molar-refractivity contribution in [2.45, 2.75) is 32.1 Å². The number of hydrogen-bond donors (Lipinski definition) is 1. The average Bonchev–Trinajstić information content (AvgIpc) is 3.00. The molecule has 0 saturated carbocycles.